The lowest BCUT2D eigenvalue weighted by Gasteiger charge is -2.14. The predicted molar refractivity (Wildman–Crippen MR) is 244 cm³/mol. The van der Waals surface area contributed by atoms with Gasteiger partial charge in [0.05, 0.1) is 47.7 Å². The quantitative estimate of drug-likeness (QED) is 0.166. The lowest BCUT2D eigenvalue weighted by Crippen LogP contribution is -1.97. The van der Waals surface area contributed by atoms with Gasteiger partial charge in [-0.1, -0.05) is 152 Å². The van der Waals surface area contributed by atoms with Crippen LogP contribution in [0.4, 0.5) is 0 Å². The number of benzene rings is 9. The van der Waals surface area contributed by atoms with E-state index in [4.69, 9.17) is 2.74 Å². The average molecular weight is 750 g/mol. The van der Waals surface area contributed by atoms with Gasteiger partial charge in [0.1, 0.15) is 0 Å². The van der Waals surface area contributed by atoms with Crippen molar-refractivity contribution in [2.24, 2.45) is 0 Å². The van der Waals surface area contributed by atoms with Crippen LogP contribution in [-0.2, 0) is 0 Å². The summed E-state index contributed by atoms with van der Waals surface area (Å²) >= 11 is 1.57. The van der Waals surface area contributed by atoms with E-state index in [0.717, 1.165) is 69.9 Å². The number of hydrogen-bond donors (Lipinski definition) is 0. The standard InChI is InChI=1S/C54H34N2S/c1-3-14-35(15-4-1)39-26-29-42-46-33-38(28-31-50(46)56(52(42)34-39)47-22-10-7-18-40(47)36-16-5-2-6-17-36)37-27-30-49-45(32-37)41-19-8-11-23-48(41)55(49)51-24-13-21-44-43-20-9-12-25-53(43)57-54(44)51/h1-34H/i8D,11D,19D,23D,27D,30D,32D. The molecular weight excluding hydrogens is 709 g/mol. The number of hydrogen-bond acceptors (Lipinski definition) is 1. The third-order valence-electron chi connectivity index (χ3n) is 11.2. The molecule has 3 heterocycles. The van der Waals surface area contributed by atoms with Gasteiger partial charge >= 0.3 is 0 Å². The number of fused-ring (bicyclic) bond motifs is 9. The third kappa shape index (κ3) is 4.96. The molecule has 0 saturated heterocycles. The Bertz CT molecular complexity index is 3930. The second-order valence-corrected chi connectivity index (χ2v) is 15.4. The first-order valence-electron chi connectivity index (χ1n) is 22.4. The van der Waals surface area contributed by atoms with Crippen LogP contribution in [0.1, 0.15) is 9.60 Å². The Morgan fingerprint density at radius 2 is 1.05 bits per heavy atom. The fraction of sp³-hybridized carbons (Fsp3) is 0. The van der Waals surface area contributed by atoms with Crippen LogP contribution in [-0.4, -0.2) is 9.13 Å². The highest BCUT2D eigenvalue weighted by atomic mass is 32.1. The van der Waals surface area contributed by atoms with Crippen molar-refractivity contribution in [3.8, 4) is 44.8 Å². The summed E-state index contributed by atoms with van der Waals surface area (Å²) in [6.45, 7) is 0. The molecule has 0 N–H and O–H groups in total. The molecule has 3 aromatic heterocycles. The van der Waals surface area contributed by atoms with Gasteiger partial charge in [-0.05, 0) is 82.3 Å². The molecule has 12 aromatic rings. The minimum Gasteiger partial charge on any atom is -0.309 e. The van der Waals surface area contributed by atoms with Crippen LogP contribution >= 0.6 is 11.3 Å². The van der Waals surface area contributed by atoms with E-state index in [0.29, 0.717) is 11.3 Å². The molecule has 0 aliphatic heterocycles. The molecule has 0 saturated carbocycles. The average Bonchev–Trinajstić information content (AvgIpc) is 4.01. The molecule has 0 fully saturated rings. The van der Waals surface area contributed by atoms with E-state index >= 15 is 0 Å². The van der Waals surface area contributed by atoms with Gasteiger partial charge in [0.2, 0.25) is 0 Å². The van der Waals surface area contributed by atoms with E-state index in [9.17, 15) is 6.85 Å². The second kappa shape index (κ2) is 12.7. The second-order valence-electron chi connectivity index (χ2n) is 14.3. The van der Waals surface area contributed by atoms with Gasteiger partial charge in [-0.25, -0.2) is 0 Å². The summed E-state index contributed by atoms with van der Waals surface area (Å²) in [5.41, 5.74) is 9.01. The van der Waals surface area contributed by atoms with Crippen LogP contribution in [0.3, 0.4) is 0 Å². The molecule has 0 aliphatic rings. The SMILES string of the molecule is [2H]c1c([2H])c([2H])c2c(c1[2H])c1c([2H])c(-c3ccc4c(c3)c3ccc(-c5ccccc5)cc3n4-c3ccccc3-c3ccccc3)c([2H])c([2H])c1n2-c1cccc2c1sc1ccccc12. The lowest BCUT2D eigenvalue weighted by atomic mass is 9.99. The van der Waals surface area contributed by atoms with E-state index in [1.165, 1.54) is 0 Å². The van der Waals surface area contributed by atoms with Crippen molar-refractivity contribution in [1.29, 1.82) is 0 Å². The van der Waals surface area contributed by atoms with Crippen LogP contribution in [0.25, 0.3) is 109 Å². The van der Waals surface area contributed by atoms with Gasteiger partial charge in [-0.3, -0.25) is 0 Å². The van der Waals surface area contributed by atoms with Gasteiger partial charge in [0.15, 0.2) is 0 Å². The molecule has 0 bridgehead atoms. The van der Waals surface area contributed by atoms with Crippen molar-refractivity contribution in [2.45, 2.75) is 0 Å². The highest BCUT2D eigenvalue weighted by molar-refractivity contribution is 7.26. The van der Waals surface area contributed by atoms with Crippen LogP contribution < -0.4 is 0 Å². The maximum absolute atomic E-state index is 10.0. The summed E-state index contributed by atoms with van der Waals surface area (Å²) in [4.78, 5) is 0. The minimum atomic E-state index is -0.418. The predicted octanol–water partition coefficient (Wildman–Crippen LogP) is 15.2. The van der Waals surface area contributed by atoms with E-state index in [-0.39, 0.29) is 57.6 Å². The number of thiophene rings is 1. The minimum absolute atomic E-state index is 0.0721. The van der Waals surface area contributed by atoms with Crippen molar-refractivity contribution < 1.29 is 9.60 Å². The van der Waals surface area contributed by atoms with E-state index in [1.54, 1.807) is 15.9 Å². The monoisotopic (exact) mass is 749 g/mol. The summed E-state index contributed by atoms with van der Waals surface area (Å²) in [7, 11) is 0. The van der Waals surface area contributed by atoms with Crippen molar-refractivity contribution >= 4 is 75.1 Å². The number of para-hydroxylation sites is 2. The van der Waals surface area contributed by atoms with E-state index < -0.39 is 12.1 Å². The Hall–Kier alpha value is -7.20. The molecule has 0 spiro atoms. The highest BCUT2D eigenvalue weighted by Gasteiger charge is 2.20. The third-order valence-corrected chi connectivity index (χ3v) is 12.4. The maximum Gasteiger partial charge on any atom is 0.0645 e. The molecule has 0 amide bonds. The zero-order chi connectivity index (χ0) is 43.5. The Morgan fingerprint density at radius 1 is 0.368 bits per heavy atom. The van der Waals surface area contributed by atoms with Gasteiger partial charge in [0.25, 0.3) is 0 Å². The summed E-state index contributed by atoms with van der Waals surface area (Å²) in [6, 6.07) is 53.5. The summed E-state index contributed by atoms with van der Waals surface area (Å²) < 4.78 is 71.5. The van der Waals surface area contributed by atoms with Crippen LogP contribution in [0, 0.1) is 0 Å². The molecule has 12 rings (SSSR count). The first kappa shape index (κ1) is 25.8. The van der Waals surface area contributed by atoms with E-state index in [1.807, 2.05) is 103 Å². The number of rotatable bonds is 5. The highest BCUT2D eigenvalue weighted by Crippen LogP contribution is 2.43. The molecule has 0 aliphatic carbocycles. The van der Waals surface area contributed by atoms with Gasteiger partial charge in [0, 0.05) is 42.6 Å². The topological polar surface area (TPSA) is 9.86 Å². The van der Waals surface area contributed by atoms with Crippen LogP contribution in [0.5, 0.6) is 0 Å². The number of nitrogens with zero attached hydrogens (tertiary/aromatic N) is 2. The van der Waals surface area contributed by atoms with Crippen molar-refractivity contribution in [1.82, 2.24) is 9.13 Å². The molecule has 2 nitrogen and oxygen atoms in total. The normalized spacial score (nSPS) is 13.6. The number of aromatic nitrogens is 2. The summed E-state index contributed by atoms with van der Waals surface area (Å²) in [5.74, 6) is 0. The largest absolute Gasteiger partial charge is 0.309 e. The van der Waals surface area contributed by atoms with Crippen molar-refractivity contribution in [3.05, 3.63) is 206 Å². The summed E-state index contributed by atoms with van der Waals surface area (Å²) in [6.07, 6.45) is 0. The molecular formula is C54H34N2S. The smallest absolute Gasteiger partial charge is 0.0645 e. The van der Waals surface area contributed by atoms with Gasteiger partial charge in [-0.2, -0.15) is 0 Å². The molecule has 0 radical (unpaired) electrons. The Balaban J connectivity index is 1.16. The zero-order valence-corrected chi connectivity index (χ0v) is 31.2. The maximum atomic E-state index is 10.0. The van der Waals surface area contributed by atoms with Gasteiger partial charge < -0.3 is 9.13 Å². The first-order valence-corrected chi connectivity index (χ1v) is 19.8. The molecule has 9 aromatic carbocycles. The molecule has 0 atom stereocenters. The Morgan fingerprint density at radius 3 is 1.95 bits per heavy atom. The van der Waals surface area contributed by atoms with E-state index in [2.05, 4.69) is 65.2 Å². The Kier molecular flexibility index (Phi) is 5.74. The Labute approximate surface area is 343 Å². The van der Waals surface area contributed by atoms with Crippen LogP contribution in [0.2, 0.25) is 0 Å². The molecule has 0 unspecified atom stereocenters. The van der Waals surface area contributed by atoms with Crippen molar-refractivity contribution in [2.75, 3.05) is 0 Å². The van der Waals surface area contributed by atoms with Crippen LogP contribution in [0.15, 0.2) is 206 Å². The first-order chi connectivity index (χ1) is 31.2. The summed E-state index contributed by atoms with van der Waals surface area (Å²) in [5, 5.41) is 4.28. The fourth-order valence-corrected chi connectivity index (χ4v) is 9.79. The molecule has 57 heavy (non-hydrogen) atoms. The fourth-order valence-electron chi connectivity index (χ4n) is 8.58. The molecule has 266 valence electrons. The van der Waals surface area contributed by atoms with Crippen molar-refractivity contribution in [3.63, 3.8) is 0 Å². The zero-order valence-electron chi connectivity index (χ0n) is 37.4. The van der Waals surface area contributed by atoms with Gasteiger partial charge in [-0.15, -0.1) is 11.3 Å². The molecule has 3 heteroatoms. The lowest BCUT2D eigenvalue weighted by molar-refractivity contribution is 1.18.